The van der Waals surface area contributed by atoms with Crippen LogP contribution in [0.1, 0.15) is 87.6 Å². The number of nitrogens with one attached hydrogen (secondary N) is 2. The van der Waals surface area contributed by atoms with E-state index >= 15 is 0 Å². The van der Waals surface area contributed by atoms with Crippen LogP contribution in [-0.4, -0.2) is 63.6 Å². The summed E-state index contributed by atoms with van der Waals surface area (Å²) >= 11 is 0. The Kier molecular flexibility index (Phi) is 12.6. The van der Waals surface area contributed by atoms with Crippen LogP contribution in [0.5, 0.6) is 11.5 Å². The van der Waals surface area contributed by atoms with Gasteiger partial charge in [-0.15, -0.1) is 0 Å². The number of hydrogen-bond acceptors (Lipinski definition) is 9. The SMILES string of the molecule is COc1cc(C2CC(=O)CC(OC(C)=O)CCC3(C=CC=CC3C)Cc3c[nH]cc3CCC3=CCNC(=C3)N(CCC(C)=O)c3ccc(CO)c4cn2cc34)ccc1O. The number of benzene rings is 2. The predicted molar refractivity (Wildman–Crippen MR) is 229 cm³/mol. The van der Waals surface area contributed by atoms with Crippen molar-refractivity contribution in [2.24, 2.45) is 11.3 Å². The molecule has 4 bridgehead atoms. The fraction of sp³-hybridized carbons (Fsp3) is 0.396. The molecule has 3 aliphatic rings. The number of allylic oxidation sites excluding steroid dienone is 6. The van der Waals surface area contributed by atoms with Crippen molar-refractivity contribution in [3.8, 4) is 11.5 Å². The topological polar surface area (TPSA) is 146 Å². The lowest BCUT2D eigenvalue weighted by Gasteiger charge is -2.38. The zero-order chi connectivity index (χ0) is 41.7. The number of ketones is 2. The lowest BCUT2D eigenvalue weighted by atomic mass is 9.66. The van der Waals surface area contributed by atoms with Crippen molar-refractivity contribution in [3.63, 3.8) is 0 Å². The van der Waals surface area contributed by atoms with E-state index in [0.717, 1.165) is 52.7 Å². The van der Waals surface area contributed by atoms with Crippen molar-refractivity contribution < 1.29 is 34.1 Å². The van der Waals surface area contributed by atoms with E-state index in [-0.39, 0.29) is 53.8 Å². The Labute approximate surface area is 346 Å². The molecule has 4 N–H and O–H groups in total. The molecule has 0 saturated heterocycles. The molecular formula is C48H56N4O7. The molecule has 2 aromatic carbocycles. The van der Waals surface area contributed by atoms with E-state index in [1.165, 1.54) is 30.7 Å². The highest BCUT2D eigenvalue weighted by molar-refractivity contribution is 5.97. The lowest BCUT2D eigenvalue weighted by Crippen LogP contribution is -2.35. The van der Waals surface area contributed by atoms with Crippen molar-refractivity contribution >= 4 is 34.0 Å². The van der Waals surface area contributed by atoms with Gasteiger partial charge in [0.25, 0.3) is 0 Å². The van der Waals surface area contributed by atoms with Crippen LogP contribution in [0.2, 0.25) is 0 Å². The number of fused-ring (bicyclic) bond motifs is 3. The molecular weight excluding hydrogens is 745 g/mol. The van der Waals surface area contributed by atoms with E-state index < -0.39 is 18.1 Å². The first-order chi connectivity index (χ1) is 28.5. The molecule has 0 saturated carbocycles. The van der Waals surface area contributed by atoms with Crippen molar-refractivity contribution in [2.45, 2.75) is 90.9 Å². The van der Waals surface area contributed by atoms with Gasteiger partial charge in [0.05, 0.1) is 25.4 Å². The lowest BCUT2D eigenvalue weighted by molar-refractivity contribution is -0.148. The Hall–Kier alpha value is -5.81. The van der Waals surface area contributed by atoms with Crippen molar-refractivity contribution in [1.82, 2.24) is 14.9 Å². The van der Waals surface area contributed by atoms with Crippen LogP contribution >= 0.6 is 0 Å². The van der Waals surface area contributed by atoms with E-state index in [0.29, 0.717) is 32.4 Å². The van der Waals surface area contributed by atoms with Gasteiger partial charge >= 0.3 is 5.97 Å². The molecule has 4 atom stereocenters. The molecule has 0 radical (unpaired) electrons. The number of H-pyrrole nitrogens is 1. The van der Waals surface area contributed by atoms with Crippen LogP contribution < -0.4 is 15.0 Å². The number of dihydropyridines is 1. The molecule has 0 amide bonds. The third-order valence-electron chi connectivity index (χ3n) is 12.4. The highest BCUT2D eigenvalue weighted by Crippen LogP contribution is 2.43. The van der Waals surface area contributed by atoms with Crippen LogP contribution in [0.3, 0.4) is 0 Å². The number of carbonyl (C=O) groups excluding carboxylic acids is 3. The second-order valence-corrected chi connectivity index (χ2v) is 16.3. The molecule has 1 aliphatic carbocycles. The number of rotatable bonds is 7. The number of nitrogens with zero attached hydrogens (tertiary/aromatic N) is 2. The Morgan fingerprint density at radius 3 is 2.59 bits per heavy atom. The number of aromatic nitrogens is 2. The second kappa shape index (κ2) is 18.0. The van der Waals surface area contributed by atoms with Gasteiger partial charge in [0.2, 0.25) is 0 Å². The first-order valence-electron chi connectivity index (χ1n) is 20.7. The summed E-state index contributed by atoms with van der Waals surface area (Å²) in [5.74, 6) is 0.892. The van der Waals surface area contributed by atoms with Crippen LogP contribution in [0.15, 0.2) is 103 Å². The molecule has 7 rings (SSSR count). The summed E-state index contributed by atoms with van der Waals surface area (Å²) in [6.45, 7) is 6.08. The van der Waals surface area contributed by atoms with Gasteiger partial charge in [0.15, 0.2) is 11.5 Å². The summed E-state index contributed by atoms with van der Waals surface area (Å²) in [5.41, 5.74) is 5.73. The molecule has 59 heavy (non-hydrogen) atoms. The van der Waals surface area contributed by atoms with Crippen LogP contribution in [0.4, 0.5) is 5.69 Å². The van der Waals surface area contributed by atoms with Gasteiger partial charge < -0.3 is 39.5 Å². The number of aliphatic hydroxyl groups is 1. The average Bonchev–Trinajstić information content (AvgIpc) is 3.86. The molecule has 4 aromatic rings. The summed E-state index contributed by atoms with van der Waals surface area (Å²) in [7, 11) is 1.49. The number of anilines is 1. The van der Waals surface area contributed by atoms with Crippen LogP contribution in [0.25, 0.3) is 10.8 Å². The first-order valence-corrected chi connectivity index (χ1v) is 20.7. The predicted octanol–water partition coefficient (Wildman–Crippen LogP) is 7.92. The highest BCUT2D eigenvalue weighted by atomic mass is 16.5. The maximum absolute atomic E-state index is 14.4. The zero-order valence-corrected chi connectivity index (χ0v) is 34.5. The number of esters is 1. The Bertz CT molecular complexity index is 2330. The highest BCUT2D eigenvalue weighted by Gasteiger charge is 2.36. The number of carbonyl (C=O) groups is 3. The summed E-state index contributed by atoms with van der Waals surface area (Å²) in [6.07, 6.45) is 24.7. The van der Waals surface area contributed by atoms with Gasteiger partial charge in [-0.3, -0.25) is 14.4 Å². The molecule has 11 heteroatoms. The zero-order valence-electron chi connectivity index (χ0n) is 34.5. The Morgan fingerprint density at radius 2 is 1.83 bits per heavy atom. The monoisotopic (exact) mass is 800 g/mol. The van der Waals surface area contributed by atoms with Gasteiger partial charge in [-0.1, -0.05) is 49.4 Å². The van der Waals surface area contributed by atoms with E-state index in [1.807, 2.05) is 29.1 Å². The number of Topliss-reactive ketones (excluding diaryl/α,β-unsaturated/α-hetero) is 2. The van der Waals surface area contributed by atoms with Crippen molar-refractivity contribution in [3.05, 3.63) is 125 Å². The quantitative estimate of drug-likeness (QED) is 0.137. The standard InChI is InChI=1S/C48H56N4O7/c1-31-7-5-6-17-48(31)18-14-40(59-33(3)55)23-39(56)24-44(35-11-13-45(57)46(22-35)58-4)51-28-41-37(30-53)10-12-43(42(41)29-51)52(20-16-32(2)54)47-21-34(15-19-50-47)8-9-36-26-49-27-38(36)25-48/h5-7,10-13,15,17,21-22,26-29,31,40,44,49-50,53,57H,8-9,14,16,18-20,23-25,30H2,1-4H3. The largest absolute Gasteiger partial charge is 0.504 e. The van der Waals surface area contributed by atoms with Gasteiger partial charge in [-0.25, -0.2) is 0 Å². The molecule has 2 aromatic heterocycles. The van der Waals surface area contributed by atoms with Gasteiger partial charge in [0, 0.05) is 74.8 Å². The minimum Gasteiger partial charge on any atom is -0.504 e. The number of phenols is 1. The minimum atomic E-state index is -0.629. The van der Waals surface area contributed by atoms with Gasteiger partial charge in [-0.2, -0.15) is 0 Å². The number of hydrogen-bond donors (Lipinski definition) is 4. The fourth-order valence-electron chi connectivity index (χ4n) is 9.02. The van der Waals surface area contributed by atoms with E-state index in [1.54, 1.807) is 25.1 Å². The first kappa shape index (κ1) is 41.4. The van der Waals surface area contributed by atoms with E-state index in [2.05, 4.69) is 71.0 Å². The number of methoxy groups -OCH3 is 1. The van der Waals surface area contributed by atoms with Crippen LogP contribution in [0, 0.1) is 11.3 Å². The number of ether oxygens (including phenoxy) is 2. The third-order valence-corrected chi connectivity index (χ3v) is 12.4. The van der Waals surface area contributed by atoms with Gasteiger partial charge in [-0.05, 0) is 102 Å². The number of aliphatic hydroxyl groups excluding tert-OH is 1. The fourth-order valence-corrected chi connectivity index (χ4v) is 9.02. The molecule has 4 heterocycles. The number of aromatic amines is 1. The number of aryl methyl sites for hydroxylation is 1. The minimum absolute atomic E-state index is 0.0213. The second-order valence-electron chi connectivity index (χ2n) is 16.3. The normalized spacial score (nSPS) is 22.6. The van der Waals surface area contributed by atoms with Gasteiger partial charge in [0.1, 0.15) is 23.5 Å². The maximum atomic E-state index is 14.4. The van der Waals surface area contributed by atoms with Crippen molar-refractivity contribution in [1.29, 1.82) is 0 Å². The molecule has 11 nitrogen and oxygen atoms in total. The molecule has 1 spiro atoms. The third kappa shape index (κ3) is 9.25. The van der Waals surface area contributed by atoms with E-state index in [4.69, 9.17) is 9.47 Å². The summed E-state index contributed by atoms with van der Waals surface area (Å²) < 4.78 is 13.4. The number of aromatic hydroxyl groups is 1. The summed E-state index contributed by atoms with van der Waals surface area (Å²) in [6, 6.07) is 8.43. The number of phenolic OH excluding ortho intramolecular Hbond substituents is 1. The summed E-state index contributed by atoms with van der Waals surface area (Å²) in [5, 5.41) is 26.4. The molecule has 310 valence electrons. The molecule has 4 unspecified atom stereocenters. The Morgan fingerprint density at radius 1 is 1.02 bits per heavy atom. The summed E-state index contributed by atoms with van der Waals surface area (Å²) in [4.78, 5) is 45.0. The average molecular weight is 801 g/mol. The molecule has 0 fully saturated rings. The van der Waals surface area contributed by atoms with E-state index in [9.17, 15) is 24.6 Å². The maximum Gasteiger partial charge on any atom is 0.302 e. The Balaban J connectivity index is 1.38. The van der Waals surface area contributed by atoms with Crippen molar-refractivity contribution in [2.75, 3.05) is 25.1 Å². The smallest absolute Gasteiger partial charge is 0.302 e. The van der Waals surface area contributed by atoms with Crippen LogP contribution in [-0.2, 0) is 38.6 Å². The molecule has 2 aliphatic heterocycles.